The first kappa shape index (κ1) is 21.1. The summed E-state index contributed by atoms with van der Waals surface area (Å²) in [5.41, 5.74) is 2.03. The van der Waals surface area contributed by atoms with Crippen LogP contribution in [-0.4, -0.2) is 11.2 Å². The molecule has 0 unspecified atom stereocenters. The highest BCUT2D eigenvalue weighted by atomic mass is 19.4. The van der Waals surface area contributed by atoms with Gasteiger partial charge in [-0.3, -0.25) is 0 Å². The smallest absolute Gasteiger partial charge is 0.247 e. The SMILES string of the molecule is Fc1cc2cc(C#Cc3ccc(-c4ccccc4)cn3)ccc2c(F)c1C#CC(F)(F)F. The number of alkyl halides is 3. The normalized spacial score (nSPS) is 10.8. The van der Waals surface area contributed by atoms with Crippen molar-refractivity contribution < 1.29 is 22.0 Å². The van der Waals surface area contributed by atoms with E-state index in [0.29, 0.717) is 11.3 Å². The molecule has 0 aliphatic carbocycles. The molecular formula is C26H12F5N. The number of pyridine rings is 1. The van der Waals surface area contributed by atoms with Crippen LogP contribution >= 0.6 is 0 Å². The predicted molar refractivity (Wildman–Crippen MR) is 112 cm³/mol. The van der Waals surface area contributed by atoms with Crippen molar-refractivity contribution in [2.45, 2.75) is 6.18 Å². The molecule has 0 atom stereocenters. The average Bonchev–Trinajstić information content (AvgIpc) is 2.77. The van der Waals surface area contributed by atoms with Crippen LogP contribution in [0.4, 0.5) is 22.0 Å². The minimum absolute atomic E-state index is 0.0474. The van der Waals surface area contributed by atoms with Gasteiger partial charge in [-0.05, 0) is 41.1 Å². The minimum atomic E-state index is -4.85. The van der Waals surface area contributed by atoms with Gasteiger partial charge in [0.05, 0.1) is 5.56 Å². The Balaban J connectivity index is 1.63. The maximum absolute atomic E-state index is 14.5. The second-order valence-electron chi connectivity index (χ2n) is 6.78. The van der Waals surface area contributed by atoms with Crippen LogP contribution in [0.2, 0.25) is 0 Å². The van der Waals surface area contributed by atoms with E-state index in [0.717, 1.165) is 23.1 Å². The fourth-order valence-electron chi connectivity index (χ4n) is 3.06. The lowest BCUT2D eigenvalue weighted by atomic mass is 10.0. The topological polar surface area (TPSA) is 12.9 Å². The van der Waals surface area contributed by atoms with Gasteiger partial charge < -0.3 is 0 Å². The van der Waals surface area contributed by atoms with E-state index in [1.54, 1.807) is 12.3 Å². The summed E-state index contributed by atoms with van der Waals surface area (Å²) in [6.45, 7) is 0. The van der Waals surface area contributed by atoms with Crippen molar-refractivity contribution in [3.8, 4) is 34.8 Å². The Labute approximate surface area is 180 Å². The highest BCUT2D eigenvalue weighted by Gasteiger charge is 2.23. The van der Waals surface area contributed by atoms with Crippen molar-refractivity contribution in [3.63, 3.8) is 0 Å². The van der Waals surface area contributed by atoms with Gasteiger partial charge in [0.1, 0.15) is 17.3 Å². The van der Waals surface area contributed by atoms with E-state index in [4.69, 9.17) is 0 Å². The Morgan fingerprint density at radius 2 is 1.53 bits per heavy atom. The third-order valence-corrected chi connectivity index (χ3v) is 4.56. The third-order valence-electron chi connectivity index (χ3n) is 4.56. The summed E-state index contributed by atoms with van der Waals surface area (Å²) in [5, 5.41) is 0.116. The maximum Gasteiger partial charge on any atom is 0.458 e. The van der Waals surface area contributed by atoms with Crippen LogP contribution in [0.1, 0.15) is 16.8 Å². The van der Waals surface area contributed by atoms with Crippen LogP contribution in [0.3, 0.4) is 0 Å². The fraction of sp³-hybridized carbons (Fsp3) is 0.0385. The first-order valence-electron chi connectivity index (χ1n) is 9.35. The van der Waals surface area contributed by atoms with Gasteiger partial charge in [0, 0.05) is 28.6 Å². The molecule has 156 valence electrons. The number of halogens is 5. The largest absolute Gasteiger partial charge is 0.458 e. The number of benzene rings is 3. The van der Waals surface area contributed by atoms with Crippen molar-refractivity contribution in [3.05, 3.63) is 101 Å². The van der Waals surface area contributed by atoms with E-state index >= 15 is 0 Å². The number of aromatic nitrogens is 1. The molecule has 0 saturated carbocycles. The van der Waals surface area contributed by atoms with Crippen LogP contribution < -0.4 is 0 Å². The summed E-state index contributed by atoms with van der Waals surface area (Å²) in [6, 6.07) is 18.6. The molecule has 6 heteroatoms. The van der Waals surface area contributed by atoms with E-state index < -0.39 is 23.4 Å². The fourth-order valence-corrected chi connectivity index (χ4v) is 3.06. The van der Waals surface area contributed by atoms with Crippen LogP contribution in [0, 0.1) is 35.3 Å². The predicted octanol–water partition coefficient (Wildman–Crippen LogP) is 6.49. The molecule has 0 aliphatic rings. The molecule has 0 radical (unpaired) electrons. The van der Waals surface area contributed by atoms with Gasteiger partial charge in [-0.25, -0.2) is 13.8 Å². The number of nitrogens with zero attached hydrogens (tertiary/aromatic N) is 1. The first-order valence-corrected chi connectivity index (χ1v) is 9.35. The minimum Gasteiger partial charge on any atom is -0.247 e. The lowest BCUT2D eigenvalue weighted by Gasteiger charge is -2.05. The summed E-state index contributed by atoms with van der Waals surface area (Å²) in [6.07, 6.45) is -3.14. The molecule has 1 nitrogen and oxygen atoms in total. The van der Waals surface area contributed by atoms with Crippen LogP contribution in [0.5, 0.6) is 0 Å². The highest BCUT2D eigenvalue weighted by molar-refractivity contribution is 5.86. The zero-order valence-corrected chi connectivity index (χ0v) is 16.3. The van der Waals surface area contributed by atoms with Crippen LogP contribution in [0.25, 0.3) is 21.9 Å². The lowest BCUT2D eigenvalue weighted by molar-refractivity contribution is -0.0696. The second-order valence-corrected chi connectivity index (χ2v) is 6.78. The molecule has 1 heterocycles. The van der Waals surface area contributed by atoms with Crippen molar-refractivity contribution in [1.82, 2.24) is 4.98 Å². The molecule has 0 aliphatic heterocycles. The summed E-state index contributed by atoms with van der Waals surface area (Å²) in [7, 11) is 0. The van der Waals surface area contributed by atoms with Crippen molar-refractivity contribution >= 4 is 10.8 Å². The van der Waals surface area contributed by atoms with Crippen LogP contribution in [0.15, 0.2) is 72.9 Å². The molecule has 0 N–H and O–H groups in total. The summed E-state index contributed by atoms with van der Waals surface area (Å²) >= 11 is 0. The Hall–Kier alpha value is -4.16. The third kappa shape index (κ3) is 4.77. The Kier molecular flexibility index (Phi) is 5.62. The Morgan fingerprint density at radius 1 is 0.750 bits per heavy atom. The molecule has 0 fully saturated rings. The average molecular weight is 433 g/mol. The van der Waals surface area contributed by atoms with Gasteiger partial charge in [-0.1, -0.05) is 54.3 Å². The number of fused-ring (bicyclic) bond motifs is 1. The highest BCUT2D eigenvalue weighted by Crippen LogP contribution is 2.25. The zero-order chi connectivity index (χ0) is 22.7. The van der Waals surface area contributed by atoms with E-state index in [2.05, 4.69) is 16.8 Å². The van der Waals surface area contributed by atoms with Gasteiger partial charge in [-0.15, -0.1) is 0 Å². The van der Waals surface area contributed by atoms with E-state index in [1.165, 1.54) is 24.1 Å². The molecule has 3 aromatic carbocycles. The first-order chi connectivity index (χ1) is 15.3. The monoisotopic (exact) mass is 433 g/mol. The quantitative estimate of drug-likeness (QED) is 0.247. The van der Waals surface area contributed by atoms with Crippen molar-refractivity contribution in [2.75, 3.05) is 0 Å². The lowest BCUT2D eigenvalue weighted by Crippen LogP contribution is -2.02. The number of rotatable bonds is 1. The molecular weight excluding hydrogens is 421 g/mol. The summed E-state index contributed by atoms with van der Waals surface area (Å²) in [5.74, 6) is 5.87. The van der Waals surface area contributed by atoms with Gasteiger partial charge in [0.15, 0.2) is 0 Å². The molecule has 0 amide bonds. The molecule has 0 spiro atoms. The molecule has 4 aromatic rings. The molecule has 32 heavy (non-hydrogen) atoms. The van der Waals surface area contributed by atoms with Gasteiger partial charge in [0.2, 0.25) is 0 Å². The van der Waals surface area contributed by atoms with Gasteiger partial charge in [-0.2, -0.15) is 13.2 Å². The van der Waals surface area contributed by atoms with Gasteiger partial charge >= 0.3 is 6.18 Å². The summed E-state index contributed by atoms with van der Waals surface area (Å²) < 4.78 is 65.5. The van der Waals surface area contributed by atoms with E-state index in [9.17, 15) is 22.0 Å². The number of hydrogen-bond acceptors (Lipinski definition) is 1. The molecule has 0 bridgehead atoms. The standard InChI is InChI=1S/C26H12F5N/c27-24-15-20-14-17(7-11-22(20)25(28)23(24)12-13-26(29,30)31)6-9-21-10-8-19(16-32-21)18-4-2-1-3-5-18/h1-5,7-8,10-11,14-16H. The molecule has 0 saturated heterocycles. The second kappa shape index (κ2) is 8.53. The van der Waals surface area contributed by atoms with E-state index in [1.807, 2.05) is 36.4 Å². The maximum atomic E-state index is 14.5. The summed E-state index contributed by atoms with van der Waals surface area (Å²) in [4.78, 5) is 4.31. The number of hydrogen-bond donors (Lipinski definition) is 0. The van der Waals surface area contributed by atoms with Crippen molar-refractivity contribution in [1.29, 1.82) is 0 Å². The molecule has 4 rings (SSSR count). The zero-order valence-electron chi connectivity index (χ0n) is 16.3. The van der Waals surface area contributed by atoms with Gasteiger partial charge in [0.25, 0.3) is 0 Å². The molecule has 1 aromatic heterocycles. The van der Waals surface area contributed by atoms with Crippen molar-refractivity contribution in [2.24, 2.45) is 0 Å². The van der Waals surface area contributed by atoms with E-state index in [-0.39, 0.29) is 10.8 Å². The Bertz CT molecular complexity index is 1420. The Morgan fingerprint density at radius 3 is 2.22 bits per heavy atom. The van der Waals surface area contributed by atoms with Crippen LogP contribution in [-0.2, 0) is 0 Å².